The maximum absolute atomic E-state index is 12.2. The van der Waals surface area contributed by atoms with Gasteiger partial charge in [0.15, 0.2) is 17.2 Å². The van der Waals surface area contributed by atoms with Gasteiger partial charge in [-0.15, -0.1) is 0 Å². The number of benzene rings is 1. The topological polar surface area (TPSA) is 81.2 Å². The van der Waals surface area contributed by atoms with Gasteiger partial charge in [-0.25, -0.2) is 0 Å². The number of furan rings is 1. The van der Waals surface area contributed by atoms with Gasteiger partial charge < -0.3 is 14.3 Å². The Morgan fingerprint density at radius 1 is 1.00 bits per heavy atom. The van der Waals surface area contributed by atoms with Gasteiger partial charge in [0.2, 0.25) is 0 Å². The fraction of sp³-hybridized carbons (Fsp3) is 0.0500. The van der Waals surface area contributed by atoms with Crippen LogP contribution in [0.4, 0.5) is 0 Å². The molecule has 1 N–H and O–H groups in total. The quantitative estimate of drug-likeness (QED) is 0.593. The van der Waals surface area contributed by atoms with Crippen LogP contribution in [0.25, 0.3) is 22.8 Å². The minimum Gasteiger partial charge on any atom is -0.463 e. The summed E-state index contributed by atoms with van der Waals surface area (Å²) in [6, 6.07) is 18.5. The summed E-state index contributed by atoms with van der Waals surface area (Å²) in [5, 5.41) is 6.65. The molecule has 4 rings (SSSR count). The minimum atomic E-state index is -0.300. The summed E-state index contributed by atoms with van der Waals surface area (Å²) in [4.78, 5) is 16.6. The van der Waals surface area contributed by atoms with Crippen LogP contribution in [0.3, 0.4) is 0 Å². The van der Waals surface area contributed by atoms with Crippen molar-refractivity contribution in [2.24, 2.45) is 0 Å². The lowest BCUT2D eigenvalue weighted by atomic mass is 10.1. The first-order valence-corrected chi connectivity index (χ1v) is 8.09. The Hall–Kier alpha value is -3.67. The van der Waals surface area contributed by atoms with Gasteiger partial charge in [0, 0.05) is 24.4 Å². The normalized spacial score (nSPS) is 10.6. The van der Waals surface area contributed by atoms with Crippen molar-refractivity contribution in [3.63, 3.8) is 0 Å². The van der Waals surface area contributed by atoms with E-state index in [2.05, 4.69) is 15.5 Å². The number of nitrogens with one attached hydrogen (secondary N) is 1. The summed E-state index contributed by atoms with van der Waals surface area (Å²) in [6.45, 7) is 0.345. The minimum absolute atomic E-state index is 0.240. The number of carbonyl (C=O) groups is 1. The average molecular weight is 345 g/mol. The van der Waals surface area contributed by atoms with Crippen molar-refractivity contribution < 1.29 is 13.7 Å². The van der Waals surface area contributed by atoms with Gasteiger partial charge in [-0.1, -0.05) is 41.6 Å². The molecule has 3 heterocycles. The van der Waals surface area contributed by atoms with Crippen LogP contribution < -0.4 is 5.32 Å². The largest absolute Gasteiger partial charge is 0.463 e. The number of pyridine rings is 1. The molecule has 6 heteroatoms. The van der Waals surface area contributed by atoms with Crippen molar-refractivity contribution in [3.8, 4) is 22.8 Å². The summed E-state index contributed by atoms with van der Waals surface area (Å²) in [6.07, 6.45) is 3.31. The smallest absolute Gasteiger partial charge is 0.273 e. The van der Waals surface area contributed by atoms with E-state index in [9.17, 15) is 4.79 Å². The molecule has 0 aliphatic carbocycles. The highest BCUT2D eigenvalue weighted by atomic mass is 16.5. The van der Waals surface area contributed by atoms with Crippen LogP contribution in [0.2, 0.25) is 0 Å². The Labute approximate surface area is 149 Å². The number of amides is 1. The van der Waals surface area contributed by atoms with Crippen LogP contribution in [-0.4, -0.2) is 16.0 Å². The van der Waals surface area contributed by atoms with Crippen molar-refractivity contribution in [2.75, 3.05) is 0 Å². The summed E-state index contributed by atoms with van der Waals surface area (Å²) in [5.74, 6) is 0.961. The average Bonchev–Trinajstić information content (AvgIpc) is 3.39. The van der Waals surface area contributed by atoms with E-state index in [1.807, 2.05) is 54.6 Å². The van der Waals surface area contributed by atoms with E-state index in [0.29, 0.717) is 18.1 Å². The van der Waals surface area contributed by atoms with Crippen LogP contribution in [0, 0.1) is 0 Å². The summed E-state index contributed by atoms with van der Waals surface area (Å²) in [7, 11) is 0. The summed E-state index contributed by atoms with van der Waals surface area (Å²) in [5.41, 5.74) is 2.73. The van der Waals surface area contributed by atoms with E-state index >= 15 is 0 Å². The number of nitrogens with zero attached hydrogens (tertiary/aromatic N) is 2. The van der Waals surface area contributed by atoms with Crippen LogP contribution in [0.15, 0.2) is 82.1 Å². The zero-order valence-electron chi connectivity index (χ0n) is 13.8. The molecule has 0 bridgehead atoms. The lowest BCUT2D eigenvalue weighted by Crippen LogP contribution is -2.23. The molecule has 0 aliphatic heterocycles. The molecule has 128 valence electrons. The predicted molar refractivity (Wildman–Crippen MR) is 95.0 cm³/mol. The van der Waals surface area contributed by atoms with Gasteiger partial charge in [-0.3, -0.25) is 9.78 Å². The molecule has 0 spiro atoms. The van der Waals surface area contributed by atoms with Crippen molar-refractivity contribution in [1.82, 2.24) is 15.5 Å². The maximum atomic E-state index is 12.2. The first kappa shape index (κ1) is 15.8. The highest BCUT2D eigenvalue weighted by Gasteiger charge is 2.13. The van der Waals surface area contributed by atoms with Crippen molar-refractivity contribution >= 4 is 5.91 Å². The third kappa shape index (κ3) is 3.39. The van der Waals surface area contributed by atoms with Gasteiger partial charge in [0.1, 0.15) is 5.69 Å². The SMILES string of the molecule is O=C(NCc1ccc(-c2ccco2)nc1)c1cc(-c2ccccc2)on1. The zero-order chi connectivity index (χ0) is 17.8. The van der Waals surface area contributed by atoms with Crippen molar-refractivity contribution in [2.45, 2.75) is 6.54 Å². The molecule has 3 aromatic heterocycles. The Balaban J connectivity index is 1.39. The molecule has 4 aromatic rings. The van der Waals surface area contributed by atoms with E-state index in [0.717, 1.165) is 16.8 Å². The van der Waals surface area contributed by atoms with Crippen molar-refractivity contribution in [1.29, 1.82) is 0 Å². The highest BCUT2D eigenvalue weighted by molar-refractivity contribution is 5.93. The predicted octanol–water partition coefficient (Wildman–Crippen LogP) is 3.93. The summed E-state index contributed by atoms with van der Waals surface area (Å²) < 4.78 is 10.6. The van der Waals surface area contributed by atoms with Gasteiger partial charge in [0.05, 0.1) is 6.26 Å². The van der Waals surface area contributed by atoms with E-state index < -0.39 is 0 Å². The number of hydrogen-bond donors (Lipinski definition) is 1. The lowest BCUT2D eigenvalue weighted by Gasteiger charge is -2.03. The molecule has 0 radical (unpaired) electrons. The monoisotopic (exact) mass is 345 g/mol. The maximum Gasteiger partial charge on any atom is 0.273 e. The Bertz CT molecular complexity index is 990. The highest BCUT2D eigenvalue weighted by Crippen LogP contribution is 2.20. The van der Waals surface area contributed by atoms with Gasteiger partial charge in [-0.2, -0.15) is 0 Å². The second kappa shape index (κ2) is 7.06. The molecular formula is C20H15N3O3. The second-order valence-electron chi connectivity index (χ2n) is 5.65. The van der Waals surface area contributed by atoms with Crippen LogP contribution in [0.1, 0.15) is 16.1 Å². The van der Waals surface area contributed by atoms with E-state index in [1.165, 1.54) is 0 Å². The van der Waals surface area contributed by atoms with Crippen LogP contribution in [-0.2, 0) is 6.54 Å². The number of rotatable bonds is 5. The molecule has 0 unspecified atom stereocenters. The molecule has 0 aliphatic rings. The standard InChI is InChI=1S/C20H15N3O3/c24-20(17-11-19(26-23-17)15-5-2-1-3-6-15)22-13-14-8-9-16(21-12-14)18-7-4-10-25-18/h1-12H,13H2,(H,22,24). The summed E-state index contributed by atoms with van der Waals surface area (Å²) >= 11 is 0. The fourth-order valence-electron chi connectivity index (χ4n) is 2.49. The van der Waals surface area contributed by atoms with E-state index in [4.69, 9.17) is 8.94 Å². The Kier molecular flexibility index (Phi) is 4.30. The molecule has 1 amide bonds. The molecule has 0 atom stereocenters. The van der Waals surface area contributed by atoms with Crippen molar-refractivity contribution in [3.05, 3.63) is 84.4 Å². The van der Waals surface area contributed by atoms with Gasteiger partial charge in [0.25, 0.3) is 5.91 Å². The molecular weight excluding hydrogens is 330 g/mol. The van der Waals surface area contributed by atoms with Gasteiger partial charge >= 0.3 is 0 Å². The molecule has 0 fully saturated rings. The van der Waals surface area contributed by atoms with E-state index in [1.54, 1.807) is 18.5 Å². The third-order valence-electron chi connectivity index (χ3n) is 3.85. The number of hydrogen-bond acceptors (Lipinski definition) is 5. The van der Waals surface area contributed by atoms with Gasteiger partial charge in [-0.05, 0) is 23.8 Å². The fourth-order valence-corrected chi connectivity index (χ4v) is 2.49. The van der Waals surface area contributed by atoms with Crippen LogP contribution in [0.5, 0.6) is 0 Å². The molecule has 0 saturated heterocycles. The Morgan fingerprint density at radius 2 is 1.88 bits per heavy atom. The van der Waals surface area contributed by atoms with Crippen LogP contribution >= 0.6 is 0 Å². The number of carbonyl (C=O) groups excluding carboxylic acids is 1. The van der Waals surface area contributed by atoms with E-state index in [-0.39, 0.29) is 11.6 Å². The second-order valence-corrected chi connectivity index (χ2v) is 5.65. The molecule has 0 saturated carbocycles. The molecule has 6 nitrogen and oxygen atoms in total. The lowest BCUT2D eigenvalue weighted by molar-refractivity contribution is 0.0942. The Morgan fingerprint density at radius 3 is 2.62 bits per heavy atom. The zero-order valence-corrected chi connectivity index (χ0v) is 13.8. The first-order valence-electron chi connectivity index (χ1n) is 8.09. The molecule has 26 heavy (non-hydrogen) atoms. The first-order chi connectivity index (χ1) is 12.8. The third-order valence-corrected chi connectivity index (χ3v) is 3.85. The molecule has 1 aromatic carbocycles. The number of aromatic nitrogens is 2.